The molecule has 0 saturated heterocycles. The first kappa shape index (κ1) is 10.3. The third-order valence-electron chi connectivity index (χ3n) is 2.88. The minimum Gasteiger partial charge on any atom is -0.439 e. The van der Waals surface area contributed by atoms with Gasteiger partial charge >= 0.3 is 0 Å². The molecule has 2 aromatic rings. The van der Waals surface area contributed by atoms with E-state index in [0.717, 1.165) is 18.5 Å². The van der Waals surface area contributed by atoms with Gasteiger partial charge in [0.2, 0.25) is 5.91 Å². The van der Waals surface area contributed by atoms with Crippen molar-refractivity contribution in [1.82, 2.24) is 14.8 Å². The van der Waals surface area contributed by atoms with E-state index in [2.05, 4.69) is 10.1 Å². The predicted octanol–water partition coefficient (Wildman–Crippen LogP) is 2.21. The molecule has 0 radical (unpaired) electrons. The summed E-state index contributed by atoms with van der Waals surface area (Å²) < 4.78 is 6.88. The molecule has 2 heterocycles. The Morgan fingerprint density at radius 3 is 2.82 bits per heavy atom. The number of hydrogen-bond acceptors (Lipinski definition) is 4. The molecule has 0 N–H and O–H groups in total. The van der Waals surface area contributed by atoms with Gasteiger partial charge in [-0.1, -0.05) is 0 Å². The molecular weight excluding hydrogens is 218 g/mol. The maximum absolute atomic E-state index is 11.8. The molecule has 1 aliphatic carbocycles. The second-order valence-electron chi connectivity index (χ2n) is 4.41. The number of carbonyl (C=O) groups excluding carboxylic acids is 1. The molecule has 1 saturated carbocycles. The summed E-state index contributed by atoms with van der Waals surface area (Å²) in [6.45, 7) is 3.66. The number of aryl methyl sites for hydroxylation is 2. The van der Waals surface area contributed by atoms with Gasteiger partial charge in [-0.25, -0.2) is 9.67 Å². The minimum atomic E-state index is 0.0742. The van der Waals surface area contributed by atoms with Crippen molar-refractivity contribution in [3.8, 4) is 11.5 Å². The van der Waals surface area contributed by atoms with Crippen LogP contribution in [0.1, 0.15) is 29.2 Å². The average molecular weight is 231 g/mol. The van der Waals surface area contributed by atoms with Crippen molar-refractivity contribution in [2.24, 2.45) is 5.92 Å². The molecule has 17 heavy (non-hydrogen) atoms. The topological polar surface area (TPSA) is 60.9 Å². The van der Waals surface area contributed by atoms with E-state index in [0.29, 0.717) is 17.3 Å². The van der Waals surface area contributed by atoms with E-state index in [4.69, 9.17) is 4.42 Å². The fourth-order valence-electron chi connectivity index (χ4n) is 1.85. The normalized spacial score (nSPS) is 15.2. The third-order valence-corrected chi connectivity index (χ3v) is 2.88. The SMILES string of the molecule is Cc1nc(C)c(-c2ccn(C(=O)C3CC3)n2)o1. The maximum Gasteiger partial charge on any atom is 0.249 e. The van der Waals surface area contributed by atoms with Gasteiger partial charge in [-0.3, -0.25) is 4.79 Å². The Balaban J connectivity index is 1.94. The molecule has 1 aliphatic rings. The summed E-state index contributed by atoms with van der Waals surface area (Å²) in [4.78, 5) is 16.0. The Hall–Kier alpha value is -1.91. The van der Waals surface area contributed by atoms with E-state index in [9.17, 15) is 4.79 Å². The minimum absolute atomic E-state index is 0.0742. The van der Waals surface area contributed by atoms with Crippen LogP contribution >= 0.6 is 0 Å². The monoisotopic (exact) mass is 231 g/mol. The highest BCUT2D eigenvalue weighted by atomic mass is 16.4. The summed E-state index contributed by atoms with van der Waals surface area (Å²) in [6, 6.07) is 1.78. The van der Waals surface area contributed by atoms with Crippen LogP contribution in [0.3, 0.4) is 0 Å². The molecule has 0 amide bonds. The number of hydrogen-bond donors (Lipinski definition) is 0. The van der Waals surface area contributed by atoms with Gasteiger partial charge in [0, 0.05) is 19.0 Å². The van der Waals surface area contributed by atoms with Crippen molar-refractivity contribution >= 4 is 5.91 Å². The van der Waals surface area contributed by atoms with Crippen molar-refractivity contribution in [3.63, 3.8) is 0 Å². The first-order valence-corrected chi connectivity index (χ1v) is 5.69. The van der Waals surface area contributed by atoms with Gasteiger partial charge in [0.1, 0.15) is 5.69 Å². The lowest BCUT2D eigenvalue weighted by Gasteiger charge is -1.96. The molecule has 5 nitrogen and oxygen atoms in total. The zero-order valence-corrected chi connectivity index (χ0v) is 9.80. The molecule has 0 aromatic carbocycles. The number of nitrogens with zero attached hydrogens (tertiary/aromatic N) is 3. The number of rotatable bonds is 2. The first-order valence-electron chi connectivity index (χ1n) is 5.69. The van der Waals surface area contributed by atoms with Crippen molar-refractivity contribution in [2.45, 2.75) is 26.7 Å². The van der Waals surface area contributed by atoms with Gasteiger partial charge in [0.25, 0.3) is 0 Å². The molecule has 0 aliphatic heterocycles. The van der Waals surface area contributed by atoms with Gasteiger partial charge in [-0.2, -0.15) is 5.10 Å². The second kappa shape index (κ2) is 3.55. The van der Waals surface area contributed by atoms with E-state index >= 15 is 0 Å². The van der Waals surface area contributed by atoms with Crippen LogP contribution in [-0.2, 0) is 0 Å². The Kier molecular flexibility index (Phi) is 2.14. The molecule has 1 fully saturated rings. The number of carbonyl (C=O) groups is 1. The van der Waals surface area contributed by atoms with Gasteiger partial charge in [-0.05, 0) is 25.8 Å². The molecule has 0 spiro atoms. The summed E-state index contributed by atoms with van der Waals surface area (Å²) in [5, 5.41) is 4.25. The standard InChI is InChI=1S/C12H13N3O2/c1-7-11(17-8(2)13-7)10-5-6-15(14-10)12(16)9-3-4-9/h5-6,9H,3-4H2,1-2H3. The Morgan fingerprint density at radius 2 is 2.24 bits per heavy atom. The summed E-state index contributed by atoms with van der Waals surface area (Å²) in [5.74, 6) is 1.50. The first-order chi connectivity index (χ1) is 8.15. The van der Waals surface area contributed by atoms with Crippen LogP contribution in [0.15, 0.2) is 16.7 Å². The number of aromatic nitrogens is 3. The highest BCUT2D eigenvalue weighted by Crippen LogP contribution is 2.31. The Labute approximate surface area is 98.5 Å². The molecule has 0 unspecified atom stereocenters. The second-order valence-corrected chi connectivity index (χ2v) is 4.41. The summed E-state index contributed by atoms with van der Waals surface area (Å²) in [6.07, 6.45) is 3.65. The van der Waals surface area contributed by atoms with Crippen LogP contribution in [0.5, 0.6) is 0 Å². The molecular formula is C12H13N3O2. The van der Waals surface area contributed by atoms with Gasteiger partial charge in [0.05, 0.1) is 5.69 Å². The summed E-state index contributed by atoms with van der Waals surface area (Å²) in [7, 11) is 0. The van der Waals surface area contributed by atoms with Crippen LogP contribution in [0.2, 0.25) is 0 Å². The molecule has 0 atom stereocenters. The lowest BCUT2D eigenvalue weighted by molar-refractivity contribution is 0.0870. The van der Waals surface area contributed by atoms with Crippen LogP contribution in [0.25, 0.3) is 11.5 Å². The van der Waals surface area contributed by atoms with Crippen molar-refractivity contribution < 1.29 is 9.21 Å². The van der Waals surface area contributed by atoms with E-state index in [-0.39, 0.29) is 11.8 Å². The highest BCUT2D eigenvalue weighted by Gasteiger charge is 2.31. The largest absolute Gasteiger partial charge is 0.439 e. The van der Waals surface area contributed by atoms with Crippen molar-refractivity contribution in [2.75, 3.05) is 0 Å². The van der Waals surface area contributed by atoms with Crippen LogP contribution in [0, 0.1) is 19.8 Å². The fourth-order valence-corrected chi connectivity index (χ4v) is 1.85. The number of oxazole rings is 1. The molecule has 2 aromatic heterocycles. The summed E-state index contributed by atoms with van der Waals surface area (Å²) >= 11 is 0. The highest BCUT2D eigenvalue weighted by molar-refractivity contribution is 5.83. The van der Waals surface area contributed by atoms with Crippen LogP contribution < -0.4 is 0 Å². The Bertz CT molecular complexity index is 578. The smallest absolute Gasteiger partial charge is 0.249 e. The van der Waals surface area contributed by atoms with Crippen molar-refractivity contribution in [3.05, 3.63) is 23.8 Å². The lowest BCUT2D eigenvalue weighted by Crippen LogP contribution is -2.12. The van der Waals surface area contributed by atoms with Gasteiger partial charge in [-0.15, -0.1) is 0 Å². The Morgan fingerprint density at radius 1 is 1.47 bits per heavy atom. The van der Waals surface area contributed by atoms with Crippen LogP contribution in [-0.4, -0.2) is 20.7 Å². The zero-order valence-electron chi connectivity index (χ0n) is 9.80. The molecule has 88 valence electrons. The van der Waals surface area contributed by atoms with Crippen molar-refractivity contribution in [1.29, 1.82) is 0 Å². The van der Waals surface area contributed by atoms with E-state index in [1.807, 2.05) is 6.92 Å². The van der Waals surface area contributed by atoms with E-state index in [1.165, 1.54) is 4.68 Å². The molecule has 0 bridgehead atoms. The average Bonchev–Trinajstić information content (AvgIpc) is 2.93. The quantitative estimate of drug-likeness (QED) is 0.795. The third kappa shape index (κ3) is 1.77. The predicted molar refractivity (Wildman–Crippen MR) is 60.5 cm³/mol. The van der Waals surface area contributed by atoms with E-state index < -0.39 is 0 Å². The van der Waals surface area contributed by atoms with E-state index in [1.54, 1.807) is 19.2 Å². The van der Waals surface area contributed by atoms with Gasteiger partial charge < -0.3 is 4.42 Å². The zero-order chi connectivity index (χ0) is 12.0. The van der Waals surface area contributed by atoms with Gasteiger partial charge in [0.15, 0.2) is 11.7 Å². The summed E-state index contributed by atoms with van der Waals surface area (Å²) in [5.41, 5.74) is 1.46. The lowest BCUT2D eigenvalue weighted by atomic mass is 10.3. The molecule has 5 heteroatoms. The molecule has 3 rings (SSSR count). The maximum atomic E-state index is 11.8. The van der Waals surface area contributed by atoms with Crippen LogP contribution in [0.4, 0.5) is 0 Å². The fraction of sp³-hybridized carbons (Fsp3) is 0.417.